The Labute approximate surface area is 325 Å². The fourth-order valence-electron chi connectivity index (χ4n) is 8.71. The Hall–Kier alpha value is -7.42. The first kappa shape index (κ1) is 32.0. The van der Waals surface area contributed by atoms with E-state index < -0.39 is 0 Å². The highest BCUT2D eigenvalue weighted by Gasteiger charge is 2.17. The van der Waals surface area contributed by atoms with Crippen molar-refractivity contribution in [2.45, 2.75) is 0 Å². The van der Waals surface area contributed by atoms with Crippen LogP contribution in [0.2, 0.25) is 0 Å². The molecule has 2 heteroatoms. The molecule has 0 N–H and O–H groups in total. The molecule has 0 atom stereocenters. The minimum absolute atomic E-state index is 1.14. The number of benzene rings is 9. The second-order valence-corrected chi connectivity index (χ2v) is 14.5. The summed E-state index contributed by atoms with van der Waals surface area (Å²) in [6.45, 7) is 0. The van der Waals surface area contributed by atoms with Gasteiger partial charge in [-0.2, -0.15) is 0 Å². The lowest BCUT2D eigenvalue weighted by Gasteiger charge is -2.15. The van der Waals surface area contributed by atoms with Crippen LogP contribution in [0.25, 0.3) is 99.5 Å². The van der Waals surface area contributed by atoms with Crippen LogP contribution in [0, 0.1) is 0 Å². The zero-order valence-electron chi connectivity index (χ0n) is 30.7. The Kier molecular flexibility index (Phi) is 7.53. The summed E-state index contributed by atoms with van der Waals surface area (Å²) in [7, 11) is 0. The second-order valence-electron chi connectivity index (χ2n) is 14.5. The number of para-hydroxylation sites is 3. The van der Waals surface area contributed by atoms with Crippen LogP contribution in [0.4, 0.5) is 0 Å². The molecule has 0 amide bonds. The molecule has 0 saturated carbocycles. The van der Waals surface area contributed by atoms with Crippen molar-refractivity contribution >= 4 is 43.6 Å². The van der Waals surface area contributed by atoms with Crippen molar-refractivity contribution in [1.29, 1.82) is 0 Å². The lowest BCUT2D eigenvalue weighted by Crippen LogP contribution is -1.95. The maximum atomic E-state index is 2.44. The number of hydrogen-bond acceptors (Lipinski definition) is 0. The second kappa shape index (κ2) is 13.2. The van der Waals surface area contributed by atoms with E-state index in [2.05, 4.69) is 228 Å². The lowest BCUT2D eigenvalue weighted by atomic mass is 9.91. The standard InChI is InChI=1S/C54H36N2/c1-4-15-37(16-5-1)39-27-30-45(49(34-39)38-17-6-2-7-18-38)42-19-14-22-44(33-42)56-51-25-12-10-23-46(51)48-31-28-41(36-54(48)56)40-29-32-53-50(35-40)47-24-11-13-26-52(47)55(53)43-20-8-3-9-21-43/h1-36H. The molecule has 2 heterocycles. The van der Waals surface area contributed by atoms with E-state index in [1.54, 1.807) is 0 Å². The molecule has 56 heavy (non-hydrogen) atoms. The summed E-state index contributed by atoms with van der Waals surface area (Å²) in [4.78, 5) is 0. The van der Waals surface area contributed by atoms with Crippen molar-refractivity contribution in [3.05, 3.63) is 218 Å². The molecule has 0 aliphatic rings. The predicted octanol–water partition coefficient (Wildman–Crippen LogP) is 14.5. The van der Waals surface area contributed by atoms with Gasteiger partial charge >= 0.3 is 0 Å². The number of nitrogens with zero attached hydrogens (tertiary/aromatic N) is 2. The van der Waals surface area contributed by atoms with Gasteiger partial charge in [0, 0.05) is 32.9 Å². The highest BCUT2D eigenvalue weighted by Crippen LogP contribution is 2.40. The molecule has 11 aromatic rings. The van der Waals surface area contributed by atoms with Gasteiger partial charge in [-0.15, -0.1) is 0 Å². The third kappa shape index (κ3) is 5.26. The quantitative estimate of drug-likeness (QED) is 0.162. The molecule has 0 aliphatic carbocycles. The summed E-state index contributed by atoms with van der Waals surface area (Å²) < 4.78 is 4.82. The highest BCUT2D eigenvalue weighted by atomic mass is 15.0. The van der Waals surface area contributed by atoms with Crippen molar-refractivity contribution in [3.63, 3.8) is 0 Å². The van der Waals surface area contributed by atoms with Crippen molar-refractivity contribution in [2.24, 2.45) is 0 Å². The summed E-state index contributed by atoms with van der Waals surface area (Å²) in [6, 6.07) is 79.4. The van der Waals surface area contributed by atoms with Crippen LogP contribution >= 0.6 is 0 Å². The number of fused-ring (bicyclic) bond motifs is 6. The number of aromatic nitrogens is 2. The largest absolute Gasteiger partial charge is 0.309 e. The molecule has 0 radical (unpaired) electrons. The van der Waals surface area contributed by atoms with E-state index in [0.717, 1.165) is 5.69 Å². The Balaban J connectivity index is 1.08. The van der Waals surface area contributed by atoms with Crippen LogP contribution in [0.5, 0.6) is 0 Å². The molecule has 0 fully saturated rings. The third-order valence-corrected chi connectivity index (χ3v) is 11.3. The smallest absolute Gasteiger partial charge is 0.0547 e. The van der Waals surface area contributed by atoms with Crippen molar-refractivity contribution in [3.8, 4) is 55.9 Å². The lowest BCUT2D eigenvalue weighted by molar-refractivity contribution is 1.18. The molecule has 0 saturated heterocycles. The zero-order valence-corrected chi connectivity index (χ0v) is 30.7. The van der Waals surface area contributed by atoms with Crippen LogP contribution < -0.4 is 0 Å². The average molecular weight is 713 g/mol. The first-order valence-corrected chi connectivity index (χ1v) is 19.3. The fraction of sp³-hybridized carbons (Fsp3) is 0. The molecule has 0 aliphatic heterocycles. The zero-order chi connectivity index (χ0) is 37.0. The van der Waals surface area contributed by atoms with Crippen LogP contribution in [-0.2, 0) is 0 Å². The van der Waals surface area contributed by atoms with Crippen molar-refractivity contribution in [2.75, 3.05) is 0 Å². The van der Waals surface area contributed by atoms with Crippen LogP contribution in [0.1, 0.15) is 0 Å². The maximum absolute atomic E-state index is 2.44. The van der Waals surface area contributed by atoms with Gasteiger partial charge in [-0.3, -0.25) is 0 Å². The summed E-state index contributed by atoms with van der Waals surface area (Å²) in [5.74, 6) is 0. The number of hydrogen-bond donors (Lipinski definition) is 0. The Morgan fingerprint density at radius 3 is 1.46 bits per heavy atom. The van der Waals surface area contributed by atoms with E-state index in [4.69, 9.17) is 0 Å². The van der Waals surface area contributed by atoms with Crippen molar-refractivity contribution < 1.29 is 0 Å². The minimum Gasteiger partial charge on any atom is -0.309 e. The monoisotopic (exact) mass is 712 g/mol. The first-order valence-electron chi connectivity index (χ1n) is 19.3. The van der Waals surface area contributed by atoms with Gasteiger partial charge in [-0.1, -0.05) is 158 Å². The molecule has 2 nitrogen and oxygen atoms in total. The van der Waals surface area contributed by atoms with Gasteiger partial charge < -0.3 is 9.13 Å². The third-order valence-electron chi connectivity index (χ3n) is 11.3. The molecular weight excluding hydrogens is 677 g/mol. The SMILES string of the molecule is c1ccc(-c2ccc(-c3cccc(-n4c5ccccc5c5ccc(-c6ccc7c(c6)c6ccccc6n7-c6ccccc6)cc54)c3)c(-c3ccccc3)c2)cc1. The van der Waals surface area contributed by atoms with E-state index in [9.17, 15) is 0 Å². The van der Waals surface area contributed by atoms with Crippen LogP contribution in [0.15, 0.2) is 218 Å². The molecule has 262 valence electrons. The average Bonchev–Trinajstić information content (AvgIpc) is 3.79. The van der Waals surface area contributed by atoms with Gasteiger partial charge in [-0.25, -0.2) is 0 Å². The Morgan fingerprint density at radius 2 is 0.714 bits per heavy atom. The van der Waals surface area contributed by atoms with E-state index in [1.165, 1.54) is 93.8 Å². The molecule has 0 spiro atoms. The predicted molar refractivity (Wildman–Crippen MR) is 237 cm³/mol. The molecule has 0 unspecified atom stereocenters. The van der Waals surface area contributed by atoms with Gasteiger partial charge in [0.15, 0.2) is 0 Å². The van der Waals surface area contributed by atoms with E-state index >= 15 is 0 Å². The van der Waals surface area contributed by atoms with Gasteiger partial charge in [-0.05, 0) is 105 Å². The topological polar surface area (TPSA) is 9.86 Å². The van der Waals surface area contributed by atoms with Gasteiger partial charge in [0.05, 0.1) is 22.1 Å². The first-order chi connectivity index (χ1) is 27.8. The Bertz CT molecular complexity index is 3220. The molecule has 2 aromatic heterocycles. The van der Waals surface area contributed by atoms with Gasteiger partial charge in [0.2, 0.25) is 0 Å². The van der Waals surface area contributed by atoms with E-state index in [0.29, 0.717) is 0 Å². The fourth-order valence-corrected chi connectivity index (χ4v) is 8.71. The van der Waals surface area contributed by atoms with Gasteiger partial charge in [0.25, 0.3) is 0 Å². The number of rotatable bonds is 6. The van der Waals surface area contributed by atoms with Crippen LogP contribution in [0.3, 0.4) is 0 Å². The Morgan fingerprint density at radius 1 is 0.214 bits per heavy atom. The molecule has 0 bridgehead atoms. The molecule has 9 aromatic carbocycles. The van der Waals surface area contributed by atoms with Gasteiger partial charge in [0.1, 0.15) is 0 Å². The highest BCUT2D eigenvalue weighted by molar-refractivity contribution is 6.12. The maximum Gasteiger partial charge on any atom is 0.0547 e. The molecule has 11 rings (SSSR count). The van der Waals surface area contributed by atoms with E-state index in [-0.39, 0.29) is 0 Å². The van der Waals surface area contributed by atoms with Crippen LogP contribution in [-0.4, -0.2) is 9.13 Å². The van der Waals surface area contributed by atoms with Crippen molar-refractivity contribution in [1.82, 2.24) is 9.13 Å². The normalized spacial score (nSPS) is 11.6. The molecular formula is C54H36N2. The summed E-state index contributed by atoms with van der Waals surface area (Å²) in [6.07, 6.45) is 0. The van der Waals surface area contributed by atoms with E-state index in [1.807, 2.05) is 0 Å². The summed E-state index contributed by atoms with van der Waals surface area (Å²) >= 11 is 0. The minimum atomic E-state index is 1.14. The summed E-state index contributed by atoms with van der Waals surface area (Å²) in [5, 5.41) is 5.00. The summed E-state index contributed by atoms with van der Waals surface area (Å²) in [5.41, 5.74) is 16.8.